The molecule has 0 saturated carbocycles. The number of carbonyl (C=O) groups is 2. The van der Waals surface area contributed by atoms with Gasteiger partial charge in [0.2, 0.25) is 11.8 Å². The van der Waals surface area contributed by atoms with Crippen molar-refractivity contribution in [2.45, 2.75) is 44.2 Å². The number of rotatable bonds is 13. The van der Waals surface area contributed by atoms with Crippen molar-refractivity contribution >= 4 is 43.5 Å². The number of amides is 2. The molecule has 0 aliphatic rings. The van der Waals surface area contributed by atoms with E-state index in [1.165, 1.54) is 4.90 Å². The third kappa shape index (κ3) is 8.55. The first-order valence-corrected chi connectivity index (χ1v) is 16.4. The molecule has 4 aromatic rings. The molecule has 0 saturated heterocycles. The van der Waals surface area contributed by atoms with Gasteiger partial charge in [0.1, 0.15) is 12.6 Å². The summed E-state index contributed by atoms with van der Waals surface area (Å²) in [5.74, 6) is -0.779. The maximum atomic E-state index is 14.4. The van der Waals surface area contributed by atoms with Crippen molar-refractivity contribution in [3.05, 3.63) is 130 Å². The van der Waals surface area contributed by atoms with Gasteiger partial charge in [-0.1, -0.05) is 101 Å². The number of aryl methyl sites for hydroxylation is 1. The Morgan fingerprint density at radius 1 is 0.814 bits per heavy atom. The Morgan fingerprint density at radius 3 is 2.02 bits per heavy atom. The normalized spacial score (nSPS) is 11.9. The Hall–Kier alpha value is -3.95. The zero-order valence-corrected chi connectivity index (χ0v) is 26.7. The van der Waals surface area contributed by atoms with Crippen LogP contribution >= 0.6 is 15.9 Å². The van der Waals surface area contributed by atoms with Crippen LogP contribution < -0.4 is 9.62 Å². The average Bonchev–Trinajstić information content (AvgIpc) is 3.02. The molecule has 0 heterocycles. The van der Waals surface area contributed by atoms with E-state index in [-0.39, 0.29) is 23.8 Å². The second-order valence-electron chi connectivity index (χ2n) is 10.3. The Kier molecular flexibility index (Phi) is 11.1. The van der Waals surface area contributed by atoms with Crippen molar-refractivity contribution in [3.8, 4) is 0 Å². The molecule has 0 spiro atoms. The van der Waals surface area contributed by atoms with Gasteiger partial charge in [0.15, 0.2) is 0 Å². The topological polar surface area (TPSA) is 86.8 Å². The number of para-hydroxylation sites is 1. The fourth-order valence-corrected chi connectivity index (χ4v) is 6.35. The lowest BCUT2D eigenvalue weighted by Gasteiger charge is -2.34. The third-order valence-corrected chi connectivity index (χ3v) is 9.34. The molecule has 0 bridgehead atoms. The van der Waals surface area contributed by atoms with Crippen molar-refractivity contribution in [1.29, 1.82) is 0 Å². The lowest BCUT2D eigenvalue weighted by Crippen LogP contribution is -2.53. The predicted molar refractivity (Wildman–Crippen MR) is 174 cm³/mol. The summed E-state index contributed by atoms with van der Waals surface area (Å²) in [7, 11) is -4.12. The van der Waals surface area contributed by atoms with Crippen molar-refractivity contribution < 1.29 is 18.0 Å². The Balaban J connectivity index is 1.77. The van der Waals surface area contributed by atoms with E-state index in [1.807, 2.05) is 68.4 Å². The Bertz CT molecular complexity index is 1600. The third-order valence-electron chi connectivity index (χ3n) is 7.02. The van der Waals surface area contributed by atoms with Crippen molar-refractivity contribution in [3.63, 3.8) is 0 Å². The number of benzene rings is 4. The summed E-state index contributed by atoms with van der Waals surface area (Å²) < 4.78 is 30.0. The number of hydrogen-bond acceptors (Lipinski definition) is 4. The van der Waals surface area contributed by atoms with E-state index in [1.54, 1.807) is 54.6 Å². The summed E-state index contributed by atoms with van der Waals surface area (Å²) in [5.41, 5.74) is 2.98. The summed E-state index contributed by atoms with van der Waals surface area (Å²) in [6, 6.07) is 31.3. The summed E-state index contributed by atoms with van der Waals surface area (Å²) in [4.78, 5) is 29.6. The van der Waals surface area contributed by atoms with Gasteiger partial charge in [-0.3, -0.25) is 13.9 Å². The molecule has 4 rings (SSSR count). The Morgan fingerprint density at radius 2 is 1.42 bits per heavy atom. The molecule has 4 aromatic carbocycles. The number of halogens is 1. The van der Waals surface area contributed by atoms with E-state index in [2.05, 4.69) is 21.2 Å². The highest BCUT2D eigenvalue weighted by atomic mass is 79.9. The minimum Gasteiger partial charge on any atom is -0.354 e. The molecule has 0 aromatic heterocycles. The summed E-state index contributed by atoms with van der Waals surface area (Å²) >= 11 is 3.45. The van der Waals surface area contributed by atoms with Crippen LogP contribution in [0, 0.1) is 6.92 Å². The molecular weight excluding hydrogens is 626 g/mol. The molecule has 43 heavy (non-hydrogen) atoms. The fraction of sp³-hybridized carbons (Fsp3) is 0.235. The highest BCUT2D eigenvalue weighted by molar-refractivity contribution is 9.10. The van der Waals surface area contributed by atoms with Gasteiger partial charge in [-0.05, 0) is 60.9 Å². The highest BCUT2D eigenvalue weighted by Crippen LogP contribution is 2.25. The molecule has 0 aliphatic carbocycles. The van der Waals surface area contributed by atoms with Crippen molar-refractivity contribution in [2.24, 2.45) is 0 Å². The molecule has 1 atom stereocenters. The van der Waals surface area contributed by atoms with Crippen LogP contribution in [0.2, 0.25) is 0 Å². The number of nitrogens with one attached hydrogen (secondary N) is 1. The second-order valence-corrected chi connectivity index (χ2v) is 13.1. The molecule has 0 aliphatic heterocycles. The van der Waals surface area contributed by atoms with Gasteiger partial charge in [-0.25, -0.2) is 8.42 Å². The number of sulfonamides is 1. The number of hydrogen-bond donors (Lipinski definition) is 1. The lowest BCUT2D eigenvalue weighted by atomic mass is 10.0. The van der Waals surface area contributed by atoms with E-state index in [9.17, 15) is 18.0 Å². The smallest absolute Gasteiger partial charge is 0.264 e. The zero-order chi connectivity index (χ0) is 30.8. The maximum absolute atomic E-state index is 14.4. The van der Waals surface area contributed by atoms with E-state index in [0.29, 0.717) is 12.2 Å². The second kappa shape index (κ2) is 15.0. The van der Waals surface area contributed by atoms with E-state index in [4.69, 9.17) is 0 Å². The van der Waals surface area contributed by atoms with Gasteiger partial charge in [0.25, 0.3) is 10.0 Å². The van der Waals surface area contributed by atoms with Gasteiger partial charge in [-0.15, -0.1) is 0 Å². The monoisotopic (exact) mass is 661 g/mol. The number of anilines is 1. The van der Waals surface area contributed by atoms with Gasteiger partial charge < -0.3 is 10.2 Å². The van der Waals surface area contributed by atoms with Crippen molar-refractivity contribution in [1.82, 2.24) is 10.2 Å². The lowest BCUT2D eigenvalue weighted by molar-refractivity contribution is -0.140. The minimum absolute atomic E-state index is 0.0794. The van der Waals surface area contributed by atoms with Crippen LogP contribution in [0.5, 0.6) is 0 Å². The summed E-state index contributed by atoms with van der Waals surface area (Å²) in [5, 5.41) is 2.96. The summed E-state index contributed by atoms with van der Waals surface area (Å²) in [6.07, 6.45) is 1.01. The minimum atomic E-state index is -4.12. The predicted octanol–water partition coefficient (Wildman–Crippen LogP) is 6.12. The molecule has 0 fully saturated rings. The first-order chi connectivity index (χ1) is 20.7. The van der Waals surface area contributed by atoms with Crippen LogP contribution in [0.15, 0.2) is 119 Å². The van der Waals surface area contributed by atoms with Gasteiger partial charge >= 0.3 is 0 Å². The fourth-order valence-electron chi connectivity index (χ4n) is 4.67. The number of nitrogens with zero attached hydrogens (tertiary/aromatic N) is 2. The first-order valence-electron chi connectivity index (χ1n) is 14.2. The van der Waals surface area contributed by atoms with Crippen LogP contribution in [0.25, 0.3) is 0 Å². The molecule has 1 N–H and O–H groups in total. The number of carbonyl (C=O) groups excluding carboxylic acids is 2. The molecule has 7 nitrogen and oxygen atoms in total. The maximum Gasteiger partial charge on any atom is 0.264 e. The molecular formula is C34H36BrN3O4S. The van der Waals surface area contributed by atoms with Gasteiger partial charge in [0, 0.05) is 24.0 Å². The molecule has 2 amide bonds. The molecule has 0 radical (unpaired) electrons. The van der Waals surface area contributed by atoms with E-state index < -0.39 is 28.5 Å². The van der Waals surface area contributed by atoms with Crippen LogP contribution in [-0.2, 0) is 32.6 Å². The quantitative estimate of drug-likeness (QED) is 0.187. The van der Waals surface area contributed by atoms with Crippen LogP contribution in [0.1, 0.15) is 30.0 Å². The summed E-state index contributed by atoms with van der Waals surface area (Å²) in [6.45, 7) is 3.94. The molecule has 224 valence electrons. The standard InChI is InChI=1S/C34H36BrN3O4S/c1-3-22-36-34(40)32(23-27-10-6-4-7-11-27)37(24-28-16-18-29(35)19-17-28)33(39)25-38(30-12-8-5-9-13-30)43(41,42)31-20-14-26(2)15-21-31/h4-21,32H,3,22-25H2,1-2H3,(H,36,40). The van der Waals surface area contributed by atoms with Crippen LogP contribution in [-0.4, -0.2) is 44.3 Å². The van der Waals surface area contributed by atoms with Crippen LogP contribution in [0.4, 0.5) is 5.69 Å². The zero-order valence-electron chi connectivity index (χ0n) is 24.3. The van der Waals surface area contributed by atoms with E-state index >= 15 is 0 Å². The SMILES string of the molecule is CCCNC(=O)C(Cc1ccccc1)N(Cc1ccc(Br)cc1)C(=O)CN(c1ccccc1)S(=O)(=O)c1ccc(C)cc1. The molecule has 9 heteroatoms. The van der Waals surface area contributed by atoms with Gasteiger partial charge in [-0.2, -0.15) is 0 Å². The van der Waals surface area contributed by atoms with Gasteiger partial charge in [0.05, 0.1) is 10.6 Å². The van der Waals surface area contributed by atoms with Crippen LogP contribution in [0.3, 0.4) is 0 Å². The van der Waals surface area contributed by atoms with Crippen molar-refractivity contribution in [2.75, 3.05) is 17.4 Å². The first kappa shape index (κ1) is 32.0. The highest BCUT2D eigenvalue weighted by Gasteiger charge is 2.34. The van der Waals surface area contributed by atoms with E-state index in [0.717, 1.165) is 31.9 Å². The average molecular weight is 663 g/mol. The molecule has 1 unspecified atom stereocenters. The largest absolute Gasteiger partial charge is 0.354 e. The Labute approximate surface area is 262 Å².